The molecule has 2 fully saturated rings. The number of piperidine rings is 1. The minimum absolute atomic E-state index is 0.0110. The molecule has 0 aromatic carbocycles. The summed E-state index contributed by atoms with van der Waals surface area (Å²) < 4.78 is 0. The van der Waals surface area contributed by atoms with Crippen LogP contribution in [0.5, 0.6) is 0 Å². The quantitative estimate of drug-likeness (QED) is 0.619. The fraction of sp³-hybridized carbons (Fsp3) is 0.727. The third kappa shape index (κ3) is 3.03. The molecule has 0 saturated carbocycles. The first-order chi connectivity index (χ1) is 8.16. The lowest BCUT2D eigenvalue weighted by Gasteiger charge is -2.27. The van der Waals surface area contributed by atoms with E-state index in [0.29, 0.717) is 0 Å². The van der Waals surface area contributed by atoms with E-state index in [0.717, 1.165) is 25.9 Å². The number of hydrogen-bond acceptors (Lipinski definition) is 4. The predicted molar refractivity (Wildman–Crippen MR) is 60.0 cm³/mol. The van der Waals surface area contributed by atoms with E-state index in [9.17, 15) is 14.4 Å². The third-order valence-electron chi connectivity index (χ3n) is 3.18. The van der Waals surface area contributed by atoms with Crippen molar-refractivity contribution in [3.05, 3.63) is 0 Å². The van der Waals surface area contributed by atoms with Crippen LogP contribution < -0.4 is 10.6 Å². The Kier molecular flexibility index (Phi) is 3.73. The topological polar surface area (TPSA) is 78.5 Å². The summed E-state index contributed by atoms with van der Waals surface area (Å²) in [5.41, 5.74) is 0. The Labute approximate surface area is 99.7 Å². The van der Waals surface area contributed by atoms with Gasteiger partial charge in [-0.3, -0.25) is 25.0 Å². The van der Waals surface area contributed by atoms with Crippen LogP contribution in [-0.4, -0.2) is 48.3 Å². The molecule has 2 aliphatic heterocycles. The van der Waals surface area contributed by atoms with Crippen molar-refractivity contribution < 1.29 is 14.4 Å². The molecule has 2 N–H and O–H groups in total. The summed E-state index contributed by atoms with van der Waals surface area (Å²) in [4.78, 5) is 35.8. The van der Waals surface area contributed by atoms with Crippen molar-refractivity contribution in [1.82, 2.24) is 15.5 Å². The van der Waals surface area contributed by atoms with Gasteiger partial charge in [0.05, 0.1) is 19.0 Å². The maximum Gasteiger partial charge on any atom is 0.244 e. The zero-order chi connectivity index (χ0) is 12.3. The van der Waals surface area contributed by atoms with Crippen LogP contribution in [0.25, 0.3) is 0 Å². The maximum atomic E-state index is 11.8. The first-order valence-corrected chi connectivity index (χ1v) is 6.01. The Morgan fingerprint density at radius 2 is 2.00 bits per heavy atom. The highest BCUT2D eigenvalue weighted by atomic mass is 16.2. The summed E-state index contributed by atoms with van der Waals surface area (Å²) in [6, 6.07) is -0.545. The zero-order valence-corrected chi connectivity index (χ0v) is 9.70. The SMILES string of the molecule is O=C1CC(NCC(=O)N2CCCCC2)C(=O)N1. The van der Waals surface area contributed by atoms with Crippen LogP contribution in [0.2, 0.25) is 0 Å². The monoisotopic (exact) mass is 239 g/mol. The molecule has 1 unspecified atom stereocenters. The Morgan fingerprint density at radius 3 is 2.59 bits per heavy atom. The molecule has 2 aliphatic rings. The zero-order valence-electron chi connectivity index (χ0n) is 9.70. The Morgan fingerprint density at radius 1 is 1.29 bits per heavy atom. The number of imide groups is 1. The van der Waals surface area contributed by atoms with Crippen molar-refractivity contribution in [2.24, 2.45) is 0 Å². The van der Waals surface area contributed by atoms with Crippen LogP contribution in [0.15, 0.2) is 0 Å². The molecule has 0 radical (unpaired) electrons. The fourth-order valence-corrected chi connectivity index (χ4v) is 2.18. The molecule has 3 amide bonds. The van der Waals surface area contributed by atoms with Crippen molar-refractivity contribution >= 4 is 17.7 Å². The second kappa shape index (κ2) is 5.27. The lowest BCUT2D eigenvalue weighted by atomic mass is 10.1. The van der Waals surface area contributed by atoms with Crippen LogP contribution in [0.4, 0.5) is 0 Å². The van der Waals surface area contributed by atoms with Crippen LogP contribution in [0.3, 0.4) is 0 Å². The molecule has 2 rings (SSSR count). The minimum atomic E-state index is -0.545. The summed E-state index contributed by atoms with van der Waals surface area (Å²) in [5, 5.41) is 5.04. The standard InChI is InChI=1S/C11H17N3O3/c15-9-6-8(11(17)13-9)12-7-10(16)14-4-2-1-3-5-14/h8,12H,1-7H2,(H,13,15,17). The van der Waals surface area contributed by atoms with Crippen molar-refractivity contribution in [1.29, 1.82) is 0 Å². The highest BCUT2D eigenvalue weighted by Gasteiger charge is 2.30. The summed E-state index contributed by atoms with van der Waals surface area (Å²) in [6.07, 6.45) is 3.41. The van der Waals surface area contributed by atoms with Gasteiger partial charge in [0.1, 0.15) is 0 Å². The Bertz CT molecular complexity index is 337. The van der Waals surface area contributed by atoms with Crippen molar-refractivity contribution in [2.45, 2.75) is 31.7 Å². The number of carbonyl (C=O) groups is 3. The molecule has 0 aromatic heterocycles. The summed E-state index contributed by atoms with van der Waals surface area (Å²) in [6.45, 7) is 1.73. The van der Waals surface area contributed by atoms with E-state index >= 15 is 0 Å². The smallest absolute Gasteiger partial charge is 0.244 e. The van der Waals surface area contributed by atoms with Crippen molar-refractivity contribution in [3.63, 3.8) is 0 Å². The number of likely N-dealkylation sites (tertiary alicyclic amines) is 1. The molecule has 17 heavy (non-hydrogen) atoms. The average Bonchev–Trinajstić information content (AvgIpc) is 2.66. The van der Waals surface area contributed by atoms with Gasteiger partial charge >= 0.3 is 0 Å². The summed E-state index contributed by atoms with van der Waals surface area (Å²) in [7, 11) is 0. The van der Waals surface area contributed by atoms with Gasteiger partial charge in [-0.2, -0.15) is 0 Å². The molecule has 0 aliphatic carbocycles. The van der Waals surface area contributed by atoms with Gasteiger partial charge < -0.3 is 4.90 Å². The molecule has 6 heteroatoms. The molecule has 0 aromatic rings. The van der Waals surface area contributed by atoms with Gasteiger partial charge in [0.25, 0.3) is 0 Å². The molecule has 0 spiro atoms. The molecule has 0 bridgehead atoms. The number of amides is 3. The summed E-state index contributed by atoms with van der Waals surface area (Å²) in [5.74, 6) is -0.601. The number of nitrogens with zero attached hydrogens (tertiary/aromatic N) is 1. The fourth-order valence-electron chi connectivity index (χ4n) is 2.18. The van der Waals surface area contributed by atoms with Gasteiger partial charge in [0, 0.05) is 13.1 Å². The lowest BCUT2D eigenvalue weighted by Crippen LogP contribution is -2.45. The van der Waals surface area contributed by atoms with E-state index in [2.05, 4.69) is 10.6 Å². The average molecular weight is 239 g/mol. The highest BCUT2D eigenvalue weighted by molar-refractivity contribution is 6.05. The van der Waals surface area contributed by atoms with E-state index < -0.39 is 6.04 Å². The molecule has 6 nitrogen and oxygen atoms in total. The number of hydrogen-bond donors (Lipinski definition) is 2. The molecule has 2 saturated heterocycles. The molecule has 1 atom stereocenters. The van der Waals surface area contributed by atoms with Gasteiger partial charge in [-0.25, -0.2) is 0 Å². The van der Waals surface area contributed by atoms with Gasteiger partial charge in [0.2, 0.25) is 17.7 Å². The van der Waals surface area contributed by atoms with Crippen LogP contribution in [0.1, 0.15) is 25.7 Å². The van der Waals surface area contributed by atoms with E-state index in [1.54, 1.807) is 0 Å². The third-order valence-corrected chi connectivity index (χ3v) is 3.18. The van der Waals surface area contributed by atoms with Gasteiger partial charge in [-0.05, 0) is 19.3 Å². The highest BCUT2D eigenvalue weighted by Crippen LogP contribution is 2.08. The maximum absolute atomic E-state index is 11.8. The largest absolute Gasteiger partial charge is 0.342 e. The van der Waals surface area contributed by atoms with Gasteiger partial charge in [-0.15, -0.1) is 0 Å². The van der Waals surface area contributed by atoms with Crippen LogP contribution in [0, 0.1) is 0 Å². The summed E-state index contributed by atoms with van der Waals surface area (Å²) >= 11 is 0. The second-order valence-corrected chi connectivity index (χ2v) is 4.49. The van der Waals surface area contributed by atoms with Crippen molar-refractivity contribution in [2.75, 3.05) is 19.6 Å². The molecular formula is C11H17N3O3. The lowest BCUT2D eigenvalue weighted by molar-refractivity contribution is -0.131. The Hall–Kier alpha value is -1.43. The number of carbonyl (C=O) groups excluding carboxylic acids is 3. The van der Waals surface area contributed by atoms with E-state index in [-0.39, 0.29) is 30.7 Å². The molecule has 2 heterocycles. The van der Waals surface area contributed by atoms with Gasteiger partial charge in [0.15, 0.2) is 0 Å². The first-order valence-electron chi connectivity index (χ1n) is 6.01. The molecular weight excluding hydrogens is 222 g/mol. The van der Waals surface area contributed by atoms with E-state index in [4.69, 9.17) is 0 Å². The van der Waals surface area contributed by atoms with Gasteiger partial charge in [-0.1, -0.05) is 0 Å². The van der Waals surface area contributed by atoms with E-state index in [1.165, 1.54) is 6.42 Å². The van der Waals surface area contributed by atoms with E-state index in [1.807, 2.05) is 4.90 Å². The van der Waals surface area contributed by atoms with Crippen LogP contribution in [-0.2, 0) is 14.4 Å². The Balaban J connectivity index is 1.75. The molecule has 94 valence electrons. The van der Waals surface area contributed by atoms with Crippen molar-refractivity contribution in [3.8, 4) is 0 Å². The van der Waals surface area contributed by atoms with Crippen LogP contribution >= 0.6 is 0 Å². The predicted octanol–water partition coefficient (Wildman–Crippen LogP) is -0.996. The normalized spacial score (nSPS) is 24.9. The second-order valence-electron chi connectivity index (χ2n) is 4.49. The first kappa shape index (κ1) is 12.0. The number of rotatable bonds is 3. The number of nitrogens with one attached hydrogen (secondary N) is 2. The minimum Gasteiger partial charge on any atom is -0.342 e.